The molecular formula is C11H12BrF2NO. The van der Waals surface area contributed by atoms with Gasteiger partial charge >= 0.3 is 0 Å². The van der Waals surface area contributed by atoms with Crippen LogP contribution in [0.5, 0.6) is 5.75 Å². The van der Waals surface area contributed by atoms with Gasteiger partial charge in [0.1, 0.15) is 11.9 Å². The maximum absolute atomic E-state index is 11.9. The van der Waals surface area contributed by atoms with Crippen LogP contribution >= 0.6 is 15.9 Å². The van der Waals surface area contributed by atoms with Gasteiger partial charge in [0.15, 0.2) is 0 Å². The average Bonchev–Trinajstić information content (AvgIpc) is 2.58. The minimum Gasteiger partial charge on any atom is -0.488 e. The zero-order valence-electron chi connectivity index (χ0n) is 8.55. The fraction of sp³-hybridized carbons (Fsp3) is 0.455. The molecule has 1 atom stereocenters. The minimum absolute atomic E-state index is 0.0388. The van der Waals surface area contributed by atoms with Crippen LogP contribution in [0.1, 0.15) is 5.56 Å². The molecule has 0 fully saturated rings. The van der Waals surface area contributed by atoms with E-state index in [4.69, 9.17) is 4.74 Å². The van der Waals surface area contributed by atoms with Crippen molar-refractivity contribution in [3.63, 3.8) is 0 Å². The van der Waals surface area contributed by atoms with Gasteiger partial charge in [0.25, 0.3) is 6.43 Å². The topological polar surface area (TPSA) is 21.3 Å². The summed E-state index contributed by atoms with van der Waals surface area (Å²) in [6, 6.07) is 5.81. The summed E-state index contributed by atoms with van der Waals surface area (Å²) in [5.74, 6) is 0.854. The van der Waals surface area contributed by atoms with Crippen LogP contribution in [0.3, 0.4) is 0 Å². The van der Waals surface area contributed by atoms with E-state index in [2.05, 4.69) is 21.2 Å². The number of halogens is 3. The van der Waals surface area contributed by atoms with Crippen molar-refractivity contribution in [2.45, 2.75) is 19.0 Å². The average molecular weight is 292 g/mol. The van der Waals surface area contributed by atoms with E-state index in [1.54, 1.807) is 0 Å². The number of rotatable bonds is 4. The van der Waals surface area contributed by atoms with Crippen LogP contribution in [0.25, 0.3) is 0 Å². The highest BCUT2D eigenvalue weighted by Crippen LogP contribution is 2.30. The Labute approximate surface area is 101 Å². The largest absolute Gasteiger partial charge is 0.488 e. The second kappa shape index (κ2) is 5.10. The Bertz CT molecular complexity index is 373. The smallest absolute Gasteiger partial charge is 0.250 e. The van der Waals surface area contributed by atoms with E-state index < -0.39 is 6.43 Å². The third-order valence-corrected chi connectivity index (χ3v) is 2.93. The molecule has 1 aromatic carbocycles. The van der Waals surface area contributed by atoms with E-state index in [0.29, 0.717) is 6.54 Å². The molecule has 5 heteroatoms. The molecule has 2 nitrogen and oxygen atoms in total. The summed E-state index contributed by atoms with van der Waals surface area (Å²) in [5.41, 5.74) is 1.12. The number of benzene rings is 1. The van der Waals surface area contributed by atoms with Gasteiger partial charge in [-0.25, -0.2) is 8.78 Å². The van der Waals surface area contributed by atoms with E-state index in [1.807, 2.05) is 18.2 Å². The van der Waals surface area contributed by atoms with Gasteiger partial charge in [-0.05, 0) is 23.8 Å². The maximum Gasteiger partial charge on any atom is 0.250 e. The van der Waals surface area contributed by atoms with Crippen LogP contribution in [0.2, 0.25) is 0 Å². The van der Waals surface area contributed by atoms with E-state index in [1.165, 1.54) is 0 Å². The number of fused-ring (bicyclic) bond motifs is 1. The van der Waals surface area contributed by atoms with Gasteiger partial charge in [0.2, 0.25) is 0 Å². The van der Waals surface area contributed by atoms with Crippen LogP contribution in [-0.4, -0.2) is 25.6 Å². The van der Waals surface area contributed by atoms with Crippen molar-refractivity contribution in [3.05, 3.63) is 28.2 Å². The second-order valence-corrected chi connectivity index (χ2v) is 4.66. The van der Waals surface area contributed by atoms with Crippen molar-refractivity contribution in [2.75, 3.05) is 13.1 Å². The Morgan fingerprint density at radius 2 is 2.31 bits per heavy atom. The first-order chi connectivity index (χ1) is 7.65. The molecule has 0 saturated heterocycles. The fourth-order valence-electron chi connectivity index (χ4n) is 1.76. The van der Waals surface area contributed by atoms with Crippen LogP contribution in [0.15, 0.2) is 22.7 Å². The summed E-state index contributed by atoms with van der Waals surface area (Å²) in [6.45, 7) is 0.177. The molecule has 1 heterocycles. The normalized spacial score (nSPS) is 18.6. The first-order valence-electron chi connectivity index (χ1n) is 5.09. The molecule has 1 aromatic rings. The van der Waals surface area contributed by atoms with Gasteiger partial charge in [-0.2, -0.15) is 0 Å². The third kappa shape index (κ3) is 2.92. The van der Waals surface area contributed by atoms with Crippen LogP contribution < -0.4 is 10.1 Å². The van der Waals surface area contributed by atoms with Crippen molar-refractivity contribution in [1.82, 2.24) is 5.32 Å². The quantitative estimate of drug-likeness (QED) is 0.921. The first-order valence-corrected chi connectivity index (χ1v) is 5.88. The van der Waals surface area contributed by atoms with Crippen LogP contribution in [0.4, 0.5) is 8.78 Å². The fourth-order valence-corrected chi connectivity index (χ4v) is 2.16. The highest BCUT2D eigenvalue weighted by Gasteiger charge is 2.22. The zero-order valence-corrected chi connectivity index (χ0v) is 10.1. The van der Waals surface area contributed by atoms with Gasteiger partial charge in [-0.3, -0.25) is 0 Å². The molecule has 0 saturated carbocycles. The predicted octanol–water partition coefficient (Wildman–Crippen LogP) is 2.61. The zero-order chi connectivity index (χ0) is 11.5. The molecule has 1 unspecified atom stereocenters. The van der Waals surface area contributed by atoms with Crippen molar-refractivity contribution in [2.24, 2.45) is 0 Å². The molecule has 88 valence electrons. The molecule has 1 aliphatic rings. The number of nitrogens with one attached hydrogen (secondary N) is 1. The summed E-state index contributed by atoms with van der Waals surface area (Å²) in [5, 5.41) is 2.69. The lowest BCUT2D eigenvalue weighted by Gasteiger charge is -2.11. The Balaban J connectivity index is 1.86. The highest BCUT2D eigenvalue weighted by molar-refractivity contribution is 9.10. The molecule has 2 rings (SSSR count). The van der Waals surface area contributed by atoms with E-state index in [0.717, 1.165) is 22.2 Å². The number of hydrogen-bond acceptors (Lipinski definition) is 2. The summed E-state index contributed by atoms with van der Waals surface area (Å²) in [6.07, 6.45) is -1.58. The summed E-state index contributed by atoms with van der Waals surface area (Å²) >= 11 is 3.39. The standard InChI is InChI=1S/C11H12BrF2NO/c12-8-1-2-10-7(3-8)4-9(16-10)5-15-6-11(13)14/h1-3,9,11,15H,4-6H2. The third-order valence-electron chi connectivity index (χ3n) is 2.43. The molecule has 0 aliphatic carbocycles. The monoisotopic (exact) mass is 291 g/mol. The summed E-state index contributed by atoms with van der Waals surface area (Å²) < 4.78 is 30.5. The van der Waals surface area contributed by atoms with Crippen LogP contribution in [-0.2, 0) is 6.42 Å². The second-order valence-electron chi connectivity index (χ2n) is 3.75. The molecule has 0 spiro atoms. The first kappa shape index (κ1) is 11.8. The van der Waals surface area contributed by atoms with Gasteiger partial charge in [-0.1, -0.05) is 15.9 Å². The number of ether oxygens (including phenoxy) is 1. The van der Waals surface area contributed by atoms with E-state index in [-0.39, 0.29) is 12.6 Å². The Kier molecular flexibility index (Phi) is 3.76. The lowest BCUT2D eigenvalue weighted by molar-refractivity contribution is 0.138. The Morgan fingerprint density at radius 3 is 3.06 bits per heavy atom. The van der Waals surface area contributed by atoms with Crippen molar-refractivity contribution in [1.29, 1.82) is 0 Å². The van der Waals surface area contributed by atoms with Gasteiger partial charge in [-0.15, -0.1) is 0 Å². The lowest BCUT2D eigenvalue weighted by atomic mass is 10.1. The molecule has 0 aromatic heterocycles. The lowest BCUT2D eigenvalue weighted by Crippen LogP contribution is -2.32. The molecule has 0 radical (unpaired) electrons. The van der Waals surface area contributed by atoms with Crippen molar-refractivity contribution in [3.8, 4) is 5.75 Å². The maximum atomic E-state index is 11.9. The van der Waals surface area contributed by atoms with Crippen molar-refractivity contribution < 1.29 is 13.5 Å². The highest BCUT2D eigenvalue weighted by atomic mass is 79.9. The molecule has 0 bridgehead atoms. The van der Waals surface area contributed by atoms with Gasteiger partial charge in [0.05, 0.1) is 6.54 Å². The minimum atomic E-state index is -2.31. The summed E-state index contributed by atoms with van der Waals surface area (Å²) in [7, 11) is 0. The number of alkyl halides is 2. The van der Waals surface area contributed by atoms with E-state index >= 15 is 0 Å². The van der Waals surface area contributed by atoms with Crippen LogP contribution in [0, 0.1) is 0 Å². The van der Waals surface area contributed by atoms with Crippen molar-refractivity contribution >= 4 is 15.9 Å². The molecule has 1 N–H and O–H groups in total. The molecule has 16 heavy (non-hydrogen) atoms. The van der Waals surface area contributed by atoms with Gasteiger partial charge < -0.3 is 10.1 Å². The molecule has 0 amide bonds. The number of hydrogen-bond donors (Lipinski definition) is 1. The Morgan fingerprint density at radius 1 is 1.50 bits per heavy atom. The molecule has 1 aliphatic heterocycles. The Hall–Kier alpha value is -0.680. The SMILES string of the molecule is FC(F)CNCC1Cc2cc(Br)ccc2O1. The van der Waals surface area contributed by atoms with Gasteiger partial charge in [0, 0.05) is 17.4 Å². The predicted molar refractivity (Wildman–Crippen MR) is 61.1 cm³/mol. The van der Waals surface area contributed by atoms with E-state index in [9.17, 15) is 8.78 Å². The summed E-state index contributed by atoms with van der Waals surface area (Å²) in [4.78, 5) is 0. The molecular weight excluding hydrogens is 280 g/mol.